The van der Waals surface area contributed by atoms with Crippen molar-refractivity contribution in [2.24, 2.45) is 0 Å². The van der Waals surface area contributed by atoms with E-state index in [1.165, 1.54) is 0 Å². The van der Waals surface area contributed by atoms with E-state index >= 15 is 0 Å². The minimum atomic E-state index is 0.227. The Balaban J connectivity index is 1.66. The molecule has 0 spiro atoms. The zero-order valence-electron chi connectivity index (χ0n) is 11.8. The van der Waals surface area contributed by atoms with Crippen LogP contribution in [0.2, 0.25) is 0 Å². The summed E-state index contributed by atoms with van der Waals surface area (Å²) >= 11 is 3.38. The molecule has 3 rings (SSSR count). The maximum Gasteiger partial charge on any atom is 0.254 e. The fourth-order valence-corrected chi connectivity index (χ4v) is 2.10. The molecule has 0 atom stereocenters. The van der Waals surface area contributed by atoms with Gasteiger partial charge in [-0.2, -0.15) is 0 Å². The summed E-state index contributed by atoms with van der Waals surface area (Å²) in [6.07, 6.45) is 0. The molecule has 0 bridgehead atoms. The number of rotatable bonds is 5. The zero-order valence-corrected chi connectivity index (χ0v) is 13.4. The molecule has 0 aliphatic heterocycles. The van der Waals surface area contributed by atoms with E-state index in [2.05, 4.69) is 26.1 Å². The first kappa shape index (κ1) is 14.6. The number of ether oxygens (including phenoxy) is 2. The van der Waals surface area contributed by atoms with Crippen molar-refractivity contribution >= 4 is 15.9 Å². The van der Waals surface area contributed by atoms with Gasteiger partial charge in [-0.15, -0.1) is 10.2 Å². The Morgan fingerprint density at radius 3 is 2.32 bits per heavy atom. The summed E-state index contributed by atoms with van der Waals surface area (Å²) in [5.74, 6) is 2.40. The molecule has 0 radical (unpaired) electrons. The first-order chi connectivity index (χ1) is 10.7. The van der Waals surface area contributed by atoms with Crippen LogP contribution in [0, 0.1) is 0 Å². The van der Waals surface area contributed by atoms with Crippen molar-refractivity contribution in [1.29, 1.82) is 0 Å². The summed E-state index contributed by atoms with van der Waals surface area (Å²) in [6, 6.07) is 15.0. The van der Waals surface area contributed by atoms with Crippen LogP contribution in [0.3, 0.4) is 0 Å². The van der Waals surface area contributed by atoms with Crippen LogP contribution < -0.4 is 9.47 Å². The second-order valence-electron chi connectivity index (χ2n) is 4.47. The first-order valence-electron chi connectivity index (χ1n) is 6.60. The first-order valence-corrected chi connectivity index (χ1v) is 7.39. The fraction of sp³-hybridized carbons (Fsp3) is 0.125. The molecule has 0 saturated carbocycles. The highest BCUT2D eigenvalue weighted by molar-refractivity contribution is 9.10. The average Bonchev–Trinajstić information content (AvgIpc) is 3.03. The highest BCUT2D eigenvalue weighted by Gasteiger charge is 2.09. The molecular weight excluding hydrogens is 348 g/mol. The molecule has 0 aliphatic carbocycles. The molecule has 0 aliphatic rings. The predicted octanol–water partition coefficient (Wildman–Crippen LogP) is 4.09. The van der Waals surface area contributed by atoms with Crippen molar-refractivity contribution in [1.82, 2.24) is 10.2 Å². The average molecular weight is 361 g/mol. The number of methoxy groups -OCH3 is 1. The summed E-state index contributed by atoms with van der Waals surface area (Å²) < 4.78 is 17.3. The van der Waals surface area contributed by atoms with E-state index in [1.807, 2.05) is 48.5 Å². The van der Waals surface area contributed by atoms with Crippen LogP contribution in [-0.2, 0) is 6.61 Å². The zero-order chi connectivity index (χ0) is 15.4. The van der Waals surface area contributed by atoms with E-state index in [0.29, 0.717) is 11.8 Å². The van der Waals surface area contributed by atoms with E-state index in [1.54, 1.807) is 7.11 Å². The molecule has 0 saturated heterocycles. The predicted molar refractivity (Wildman–Crippen MR) is 84.8 cm³/mol. The maximum atomic E-state index is 5.60. The Morgan fingerprint density at radius 2 is 1.64 bits per heavy atom. The standard InChI is InChI=1S/C16H13BrN2O3/c1-20-13-6-2-11(3-7-13)16-19-18-15(22-16)10-21-14-8-4-12(17)5-9-14/h2-9H,10H2,1H3. The van der Waals surface area contributed by atoms with Crippen molar-refractivity contribution in [3.8, 4) is 23.0 Å². The third-order valence-corrected chi connectivity index (χ3v) is 3.51. The molecule has 6 heteroatoms. The number of hydrogen-bond acceptors (Lipinski definition) is 5. The van der Waals surface area contributed by atoms with Crippen molar-refractivity contribution in [2.45, 2.75) is 6.61 Å². The monoisotopic (exact) mass is 360 g/mol. The number of aromatic nitrogens is 2. The van der Waals surface area contributed by atoms with Gasteiger partial charge < -0.3 is 13.9 Å². The molecule has 1 heterocycles. The third-order valence-electron chi connectivity index (χ3n) is 2.98. The molecular formula is C16H13BrN2O3. The van der Waals surface area contributed by atoms with E-state index in [9.17, 15) is 0 Å². The van der Waals surface area contributed by atoms with Crippen LogP contribution >= 0.6 is 15.9 Å². The molecule has 2 aromatic carbocycles. The third kappa shape index (κ3) is 3.46. The lowest BCUT2D eigenvalue weighted by Crippen LogP contribution is -1.95. The molecule has 112 valence electrons. The van der Waals surface area contributed by atoms with E-state index < -0.39 is 0 Å². The van der Waals surface area contributed by atoms with Gasteiger partial charge in [0.15, 0.2) is 6.61 Å². The number of halogens is 1. The molecule has 22 heavy (non-hydrogen) atoms. The minimum Gasteiger partial charge on any atom is -0.497 e. The van der Waals surface area contributed by atoms with E-state index in [0.717, 1.165) is 21.5 Å². The number of hydrogen-bond donors (Lipinski definition) is 0. The lowest BCUT2D eigenvalue weighted by atomic mass is 10.2. The lowest BCUT2D eigenvalue weighted by molar-refractivity contribution is 0.264. The van der Waals surface area contributed by atoms with Gasteiger partial charge in [0.2, 0.25) is 5.89 Å². The topological polar surface area (TPSA) is 57.4 Å². The van der Waals surface area contributed by atoms with Crippen LogP contribution in [0.1, 0.15) is 5.89 Å². The van der Waals surface area contributed by atoms with Gasteiger partial charge in [-0.3, -0.25) is 0 Å². The van der Waals surface area contributed by atoms with Crippen molar-refractivity contribution < 1.29 is 13.9 Å². The largest absolute Gasteiger partial charge is 0.497 e. The van der Waals surface area contributed by atoms with Crippen molar-refractivity contribution in [3.05, 3.63) is 58.9 Å². The Labute approximate surface area is 136 Å². The minimum absolute atomic E-state index is 0.227. The summed E-state index contributed by atoms with van der Waals surface area (Å²) in [7, 11) is 1.62. The van der Waals surface area contributed by atoms with Gasteiger partial charge in [0.1, 0.15) is 11.5 Å². The van der Waals surface area contributed by atoms with Gasteiger partial charge in [-0.05, 0) is 48.5 Å². The van der Waals surface area contributed by atoms with Crippen LogP contribution in [0.4, 0.5) is 0 Å². The molecule has 3 aromatic rings. The molecule has 0 unspecified atom stereocenters. The number of nitrogens with zero attached hydrogens (tertiary/aromatic N) is 2. The van der Waals surface area contributed by atoms with Gasteiger partial charge in [-0.25, -0.2) is 0 Å². The lowest BCUT2D eigenvalue weighted by Gasteiger charge is -2.02. The van der Waals surface area contributed by atoms with Crippen LogP contribution in [0.15, 0.2) is 57.4 Å². The van der Waals surface area contributed by atoms with Crippen molar-refractivity contribution in [2.75, 3.05) is 7.11 Å². The Bertz CT molecular complexity index is 739. The van der Waals surface area contributed by atoms with Crippen LogP contribution in [0.25, 0.3) is 11.5 Å². The van der Waals surface area contributed by atoms with Crippen LogP contribution in [-0.4, -0.2) is 17.3 Å². The van der Waals surface area contributed by atoms with Gasteiger partial charge in [0.25, 0.3) is 5.89 Å². The van der Waals surface area contributed by atoms with E-state index in [4.69, 9.17) is 13.9 Å². The molecule has 0 amide bonds. The summed E-state index contributed by atoms with van der Waals surface area (Å²) in [4.78, 5) is 0. The van der Waals surface area contributed by atoms with Gasteiger partial charge in [-0.1, -0.05) is 15.9 Å². The highest BCUT2D eigenvalue weighted by atomic mass is 79.9. The Morgan fingerprint density at radius 1 is 0.955 bits per heavy atom. The smallest absolute Gasteiger partial charge is 0.254 e. The highest BCUT2D eigenvalue weighted by Crippen LogP contribution is 2.22. The molecule has 5 nitrogen and oxygen atoms in total. The summed E-state index contributed by atoms with van der Waals surface area (Å²) in [5, 5.41) is 8.01. The molecule has 1 aromatic heterocycles. The van der Waals surface area contributed by atoms with Crippen molar-refractivity contribution in [3.63, 3.8) is 0 Å². The Kier molecular flexibility index (Phi) is 4.39. The molecule has 0 N–H and O–H groups in total. The maximum absolute atomic E-state index is 5.60. The summed E-state index contributed by atoms with van der Waals surface area (Å²) in [5.41, 5.74) is 0.836. The second kappa shape index (κ2) is 6.62. The van der Waals surface area contributed by atoms with Gasteiger partial charge in [0, 0.05) is 10.0 Å². The van der Waals surface area contributed by atoms with Crippen LogP contribution in [0.5, 0.6) is 11.5 Å². The Hall–Kier alpha value is -2.34. The summed E-state index contributed by atoms with van der Waals surface area (Å²) in [6.45, 7) is 0.227. The number of benzene rings is 2. The van der Waals surface area contributed by atoms with E-state index in [-0.39, 0.29) is 6.61 Å². The quantitative estimate of drug-likeness (QED) is 0.685. The SMILES string of the molecule is COc1ccc(-c2nnc(COc3ccc(Br)cc3)o2)cc1. The van der Waals surface area contributed by atoms with Gasteiger partial charge >= 0.3 is 0 Å². The fourth-order valence-electron chi connectivity index (χ4n) is 1.84. The second-order valence-corrected chi connectivity index (χ2v) is 5.39. The van der Waals surface area contributed by atoms with Gasteiger partial charge in [0.05, 0.1) is 7.11 Å². The normalized spacial score (nSPS) is 10.5. The molecule has 0 fully saturated rings.